The highest BCUT2D eigenvalue weighted by Gasteiger charge is 2.39. The molecule has 0 spiro atoms. The molecule has 0 aromatic carbocycles. The van der Waals surface area contributed by atoms with E-state index in [1.807, 2.05) is 6.92 Å². The molecule has 0 unspecified atom stereocenters. The van der Waals surface area contributed by atoms with Crippen LogP contribution in [0.15, 0.2) is 4.52 Å². The summed E-state index contributed by atoms with van der Waals surface area (Å²) >= 11 is 0. The molecule has 19 heavy (non-hydrogen) atoms. The maximum Gasteiger partial charge on any atom is 0.227 e. The molecule has 0 amide bonds. The summed E-state index contributed by atoms with van der Waals surface area (Å²) in [7, 11) is 0. The van der Waals surface area contributed by atoms with E-state index in [0.29, 0.717) is 12.5 Å². The second kappa shape index (κ2) is 5.59. The summed E-state index contributed by atoms with van der Waals surface area (Å²) in [5, 5.41) is 7.48. The molecule has 3 rings (SSSR count). The summed E-state index contributed by atoms with van der Waals surface area (Å²) in [4.78, 5) is 4.62. The number of hydrogen-bond acceptors (Lipinski definition) is 5. The quantitative estimate of drug-likeness (QED) is 0.882. The van der Waals surface area contributed by atoms with Gasteiger partial charge in [0.25, 0.3) is 0 Å². The van der Waals surface area contributed by atoms with E-state index >= 15 is 0 Å². The molecule has 1 aromatic rings. The highest BCUT2D eigenvalue weighted by molar-refractivity contribution is 5.04. The second-order valence-corrected chi connectivity index (χ2v) is 5.73. The Bertz CT molecular complexity index is 403. The van der Waals surface area contributed by atoms with E-state index in [2.05, 4.69) is 15.5 Å². The fraction of sp³-hybridized carbons (Fsp3) is 0.857. The highest BCUT2D eigenvalue weighted by atomic mass is 16.5. The predicted octanol–water partition coefficient (Wildman–Crippen LogP) is 2.03. The van der Waals surface area contributed by atoms with Gasteiger partial charge in [-0.25, -0.2) is 0 Å². The van der Waals surface area contributed by atoms with Crippen molar-refractivity contribution < 1.29 is 9.26 Å². The molecule has 1 saturated carbocycles. The van der Waals surface area contributed by atoms with Gasteiger partial charge in [-0.15, -0.1) is 0 Å². The lowest BCUT2D eigenvalue weighted by atomic mass is 9.84. The van der Waals surface area contributed by atoms with Gasteiger partial charge >= 0.3 is 0 Å². The van der Waals surface area contributed by atoms with Crippen LogP contribution in [0, 0.1) is 5.92 Å². The third-order valence-corrected chi connectivity index (χ3v) is 4.29. The summed E-state index contributed by atoms with van der Waals surface area (Å²) in [5.74, 6) is 2.20. The average molecular weight is 265 g/mol. The molecule has 1 aliphatic carbocycles. The molecule has 2 heterocycles. The number of aromatic nitrogens is 2. The Labute approximate surface area is 114 Å². The standard InChI is InChI=1S/C14H23N3O2/c1-2-18-14(6-4-3-5-7-14)13-16-12(19-17-13)8-11-9-15-10-11/h11,15H,2-10H2,1H3. The fourth-order valence-corrected chi connectivity index (χ4v) is 3.09. The molecule has 0 bridgehead atoms. The van der Waals surface area contributed by atoms with Gasteiger partial charge in [0.15, 0.2) is 0 Å². The molecule has 0 atom stereocenters. The van der Waals surface area contributed by atoms with Crippen LogP contribution in [0.2, 0.25) is 0 Å². The van der Waals surface area contributed by atoms with E-state index in [4.69, 9.17) is 9.26 Å². The minimum Gasteiger partial charge on any atom is -0.367 e. The summed E-state index contributed by atoms with van der Waals surface area (Å²) in [6, 6.07) is 0. The van der Waals surface area contributed by atoms with Gasteiger partial charge in [-0.1, -0.05) is 24.4 Å². The van der Waals surface area contributed by atoms with Gasteiger partial charge in [-0.2, -0.15) is 4.98 Å². The summed E-state index contributed by atoms with van der Waals surface area (Å²) in [5.41, 5.74) is -0.285. The predicted molar refractivity (Wildman–Crippen MR) is 70.8 cm³/mol. The van der Waals surface area contributed by atoms with Crippen LogP contribution in [0.4, 0.5) is 0 Å². The van der Waals surface area contributed by atoms with Gasteiger partial charge in [0, 0.05) is 13.0 Å². The SMILES string of the molecule is CCOC1(c2noc(CC3CNC3)n2)CCCCC1. The first-order chi connectivity index (χ1) is 9.32. The Morgan fingerprint density at radius 2 is 2.11 bits per heavy atom. The van der Waals surface area contributed by atoms with Crippen molar-refractivity contribution in [3.05, 3.63) is 11.7 Å². The number of nitrogens with one attached hydrogen (secondary N) is 1. The first kappa shape index (κ1) is 13.1. The van der Waals surface area contributed by atoms with Crippen molar-refractivity contribution in [1.29, 1.82) is 0 Å². The van der Waals surface area contributed by atoms with Crippen molar-refractivity contribution >= 4 is 0 Å². The monoisotopic (exact) mass is 265 g/mol. The van der Waals surface area contributed by atoms with Gasteiger partial charge in [-0.3, -0.25) is 0 Å². The normalized spacial score (nSPS) is 23.2. The molecule has 106 valence electrons. The van der Waals surface area contributed by atoms with Crippen LogP contribution in [-0.2, 0) is 16.8 Å². The van der Waals surface area contributed by atoms with Gasteiger partial charge in [0.1, 0.15) is 5.60 Å². The van der Waals surface area contributed by atoms with Crippen LogP contribution in [-0.4, -0.2) is 29.8 Å². The number of hydrogen-bond donors (Lipinski definition) is 1. The Hall–Kier alpha value is -0.940. The van der Waals surface area contributed by atoms with Crippen molar-refractivity contribution in [3.8, 4) is 0 Å². The number of nitrogens with zero attached hydrogens (tertiary/aromatic N) is 2. The molecule has 1 N–H and O–H groups in total. The van der Waals surface area contributed by atoms with Crippen LogP contribution in [0.3, 0.4) is 0 Å². The van der Waals surface area contributed by atoms with E-state index in [0.717, 1.165) is 44.1 Å². The van der Waals surface area contributed by atoms with Gasteiger partial charge < -0.3 is 14.6 Å². The van der Waals surface area contributed by atoms with Gasteiger partial charge in [0.2, 0.25) is 11.7 Å². The largest absolute Gasteiger partial charge is 0.367 e. The van der Waals surface area contributed by atoms with Crippen LogP contribution in [0.25, 0.3) is 0 Å². The number of ether oxygens (including phenoxy) is 1. The smallest absolute Gasteiger partial charge is 0.227 e. The van der Waals surface area contributed by atoms with Crippen LogP contribution < -0.4 is 5.32 Å². The second-order valence-electron chi connectivity index (χ2n) is 5.73. The lowest BCUT2D eigenvalue weighted by Gasteiger charge is -2.33. The Morgan fingerprint density at radius 1 is 1.32 bits per heavy atom. The molecule has 5 nitrogen and oxygen atoms in total. The zero-order chi connectivity index (χ0) is 13.1. The van der Waals surface area contributed by atoms with Crippen molar-refractivity contribution in [3.63, 3.8) is 0 Å². The van der Waals surface area contributed by atoms with Crippen LogP contribution >= 0.6 is 0 Å². The van der Waals surface area contributed by atoms with Crippen LogP contribution in [0.1, 0.15) is 50.7 Å². The topological polar surface area (TPSA) is 60.2 Å². The average Bonchev–Trinajstić information content (AvgIpc) is 2.85. The highest BCUT2D eigenvalue weighted by Crippen LogP contribution is 2.39. The molecule has 1 aromatic heterocycles. The minimum absolute atomic E-state index is 0.285. The van der Waals surface area contributed by atoms with E-state index < -0.39 is 0 Å². The molecule has 1 saturated heterocycles. The summed E-state index contributed by atoms with van der Waals surface area (Å²) in [6.45, 7) is 4.87. The van der Waals surface area contributed by atoms with Crippen molar-refractivity contribution in [2.75, 3.05) is 19.7 Å². The van der Waals surface area contributed by atoms with E-state index in [1.165, 1.54) is 19.3 Å². The fourth-order valence-electron chi connectivity index (χ4n) is 3.09. The first-order valence-electron chi connectivity index (χ1n) is 7.50. The third-order valence-electron chi connectivity index (χ3n) is 4.29. The third kappa shape index (κ3) is 2.67. The molecular weight excluding hydrogens is 242 g/mol. The maximum absolute atomic E-state index is 6.02. The molecule has 0 radical (unpaired) electrons. The zero-order valence-corrected chi connectivity index (χ0v) is 11.7. The molecule has 5 heteroatoms. The Balaban J connectivity index is 1.73. The van der Waals surface area contributed by atoms with Crippen molar-refractivity contribution in [2.45, 2.75) is 51.0 Å². The van der Waals surface area contributed by atoms with Gasteiger partial charge in [0.05, 0.1) is 0 Å². The zero-order valence-electron chi connectivity index (χ0n) is 11.7. The molecule has 2 fully saturated rings. The van der Waals surface area contributed by atoms with Crippen molar-refractivity contribution in [2.24, 2.45) is 5.92 Å². The molecular formula is C14H23N3O2. The Kier molecular flexibility index (Phi) is 3.84. The van der Waals surface area contributed by atoms with Crippen molar-refractivity contribution in [1.82, 2.24) is 15.5 Å². The number of rotatable bonds is 5. The van der Waals surface area contributed by atoms with E-state index in [-0.39, 0.29) is 5.60 Å². The minimum atomic E-state index is -0.285. The first-order valence-corrected chi connectivity index (χ1v) is 7.50. The Morgan fingerprint density at radius 3 is 2.74 bits per heavy atom. The summed E-state index contributed by atoms with van der Waals surface area (Å²) in [6.07, 6.45) is 6.60. The maximum atomic E-state index is 6.02. The van der Waals surface area contributed by atoms with Crippen LogP contribution in [0.5, 0.6) is 0 Å². The van der Waals surface area contributed by atoms with E-state index in [9.17, 15) is 0 Å². The van der Waals surface area contributed by atoms with E-state index in [1.54, 1.807) is 0 Å². The summed E-state index contributed by atoms with van der Waals surface area (Å²) < 4.78 is 11.4. The molecule has 1 aliphatic heterocycles. The van der Waals surface area contributed by atoms with Gasteiger partial charge in [-0.05, 0) is 38.8 Å². The lowest BCUT2D eigenvalue weighted by molar-refractivity contribution is -0.0777. The molecule has 2 aliphatic rings. The lowest BCUT2D eigenvalue weighted by Crippen LogP contribution is -2.43.